The molecule has 0 radical (unpaired) electrons. The van der Waals surface area contributed by atoms with Crippen molar-refractivity contribution >= 4 is 27.8 Å². The molecular formula is C17H24BrN3O3. The maximum Gasteiger partial charge on any atom is 0.410 e. The molecule has 1 aromatic rings. The molecule has 24 heavy (non-hydrogen) atoms. The Morgan fingerprint density at radius 3 is 2.79 bits per heavy atom. The molecular weight excluding hydrogens is 374 g/mol. The van der Waals surface area contributed by atoms with E-state index in [4.69, 9.17) is 9.47 Å². The number of aromatic nitrogens is 1. The molecule has 1 saturated heterocycles. The Balaban J connectivity index is 1.84. The Morgan fingerprint density at radius 1 is 1.42 bits per heavy atom. The van der Waals surface area contributed by atoms with Gasteiger partial charge in [-0.25, -0.2) is 9.78 Å². The maximum absolute atomic E-state index is 12.4. The largest absolute Gasteiger partial charge is 0.482 e. The number of amides is 1. The summed E-state index contributed by atoms with van der Waals surface area (Å²) in [6.07, 6.45) is 1.50. The van der Waals surface area contributed by atoms with Crippen LogP contribution in [0.4, 0.5) is 10.6 Å². The molecule has 0 saturated carbocycles. The third-order valence-corrected chi connectivity index (χ3v) is 4.71. The molecule has 0 N–H and O–H groups in total. The van der Waals surface area contributed by atoms with Crippen LogP contribution in [0.25, 0.3) is 0 Å². The Kier molecular flexibility index (Phi) is 4.18. The van der Waals surface area contributed by atoms with Crippen LogP contribution in [0.2, 0.25) is 0 Å². The molecule has 0 bridgehead atoms. The van der Waals surface area contributed by atoms with E-state index in [-0.39, 0.29) is 12.1 Å². The van der Waals surface area contributed by atoms with Crippen molar-refractivity contribution in [2.75, 3.05) is 24.5 Å². The lowest BCUT2D eigenvalue weighted by atomic mass is 9.92. The molecule has 1 atom stereocenters. The van der Waals surface area contributed by atoms with Crippen LogP contribution in [0.5, 0.6) is 5.75 Å². The van der Waals surface area contributed by atoms with E-state index in [0.29, 0.717) is 19.6 Å². The van der Waals surface area contributed by atoms with Gasteiger partial charge >= 0.3 is 6.09 Å². The number of fused-ring (bicyclic) bond motifs is 3. The van der Waals surface area contributed by atoms with Crippen LogP contribution in [0.15, 0.2) is 16.7 Å². The predicted molar refractivity (Wildman–Crippen MR) is 95.6 cm³/mol. The zero-order chi connectivity index (χ0) is 17.7. The summed E-state index contributed by atoms with van der Waals surface area (Å²) in [7, 11) is 0. The van der Waals surface area contributed by atoms with Crippen LogP contribution in [-0.2, 0) is 4.74 Å². The van der Waals surface area contributed by atoms with E-state index in [1.165, 1.54) is 0 Å². The minimum atomic E-state index is -0.493. The van der Waals surface area contributed by atoms with Crippen molar-refractivity contribution in [1.29, 1.82) is 0 Å². The van der Waals surface area contributed by atoms with Gasteiger partial charge in [-0.05, 0) is 56.6 Å². The van der Waals surface area contributed by atoms with E-state index < -0.39 is 11.2 Å². The average Bonchev–Trinajstić information content (AvgIpc) is 2.44. The second-order valence-electron chi connectivity index (χ2n) is 7.82. The lowest BCUT2D eigenvalue weighted by Gasteiger charge is -2.51. The Morgan fingerprint density at radius 2 is 2.12 bits per heavy atom. The van der Waals surface area contributed by atoms with Gasteiger partial charge in [0, 0.05) is 30.3 Å². The van der Waals surface area contributed by atoms with Crippen LogP contribution >= 0.6 is 15.9 Å². The molecule has 3 heterocycles. The zero-order valence-corrected chi connectivity index (χ0v) is 16.4. The first-order valence-corrected chi connectivity index (χ1v) is 8.95. The van der Waals surface area contributed by atoms with Crippen LogP contribution in [0.3, 0.4) is 0 Å². The molecule has 132 valence electrons. The highest BCUT2D eigenvalue weighted by Gasteiger charge is 2.46. The Labute approximate surface area is 151 Å². The molecule has 1 unspecified atom stereocenters. The topological polar surface area (TPSA) is 54.9 Å². The fourth-order valence-electron chi connectivity index (χ4n) is 3.18. The van der Waals surface area contributed by atoms with Gasteiger partial charge in [-0.15, -0.1) is 0 Å². The van der Waals surface area contributed by atoms with E-state index in [1.807, 2.05) is 40.7 Å². The van der Waals surface area contributed by atoms with Crippen LogP contribution in [0, 0.1) is 0 Å². The molecule has 2 aliphatic rings. The summed E-state index contributed by atoms with van der Waals surface area (Å²) in [6.45, 7) is 11.6. The van der Waals surface area contributed by atoms with Gasteiger partial charge in [0.25, 0.3) is 0 Å². The van der Waals surface area contributed by atoms with Crippen molar-refractivity contribution in [2.45, 2.75) is 51.9 Å². The number of halogens is 1. The maximum atomic E-state index is 12.4. The van der Waals surface area contributed by atoms with Crippen molar-refractivity contribution in [3.05, 3.63) is 16.7 Å². The van der Waals surface area contributed by atoms with Gasteiger partial charge in [0.2, 0.25) is 0 Å². The first-order valence-electron chi connectivity index (χ1n) is 8.16. The third kappa shape index (κ3) is 3.31. The second kappa shape index (κ2) is 5.79. The summed E-state index contributed by atoms with van der Waals surface area (Å²) in [5.74, 6) is 1.61. The number of pyridine rings is 1. The van der Waals surface area contributed by atoms with Crippen molar-refractivity contribution in [1.82, 2.24) is 9.88 Å². The number of anilines is 1. The number of nitrogens with zero attached hydrogens (tertiary/aromatic N) is 3. The van der Waals surface area contributed by atoms with Crippen LogP contribution in [-0.4, -0.2) is 52.9 Å². The molecule has 0 spiro atoms. The normalized spacial score (nSPS) is 22.3. The lowest BCUT2D eigenvalue weighted by molar-refractivity contribution is 0.00187. The summed E-state index contributed by atoms with van der Waals surface area (Å²) in [5, 5.41) is 0. The molecule has 2 aliphatic heterocycles. The molecule has 7 heteroatoms. The highest BCUT2D eigenvalue weighted by Crippen LogP contribution is 2.41. The number of rotatable bonds is 0. The first-order chi connectivity index (χ1) is 11.1. The summed E-state index contributed by atoms with van der Waals surface area (Å²) >= 11 is 3.44. The number of carbonyl (C=O) groups excluding carboxylic acids is 1. The lowest BCUT2D eigenvalue weighted by Crippen LogP contribution is -2.66. The molecule has 1 aromatic heterocycles. The minimum absolute atomic E-state index is 0.0277. The molecule has 3 rings (SSSR count). The van der Waals surface area contributed by atoms with Crippen molar-refractivity contribution in [2.24, 2.45) is 0 Å². The number of piperazine rings is 1. The van der Waals surface area contributed by atoms with Gasteiger partial charge in [0.05, 0.1) is 6.04 Å². The van der Waals surface area contributed by atoms with E-state index >= 15 is 0 Å². The van der Waals surface area contributed by atoms with Gasteiger partial charge in [-0.2, -0.15) is 0 Å². The van der Waals surface area contributed by atoms with E-state index in [9.17, 15) is 4.79 Å². The molecule has 1 amide bonds. The third-order valence-electron chi connectivity index (χ3n) is 4.28. The van der Waals surface area contributed by atoms with Gasteiger partial charge < -0.3 is 19.3 Å². The second-order valence-corrected chi connectivity index (χ2v) is 8.73. The van der Waals surface area contributed by atoms with E-state index in [1.54, 1.807) is 11.1 Å². The van der Waals surface area contributed by atoms with Gasteiger partial charge in [0.1, 0.15) is 11.2 Å². The summed E-state index contributed by atoms with van der Waals surface area (Å²) in [4.78, 5) is 20.9. The van der Waals surface area contributed by atoms with Gasteiger partial charge in [-0.3, -0.25) is 0 Å². The molecule has 0 aliphatic carbocycles. The summed E-state index contributed by atoms with van der Waals surface area (Å²) < 4.78 is 12.6. The first kappa shape index (κ1) is 17.3. The highest BCUT2D eigenvalue weighted by molar-refractivity contribution is 9.10. The number of ether oxygens (including phenoxy) is 2. The highest BCUT2D eigenvalue weighted by atomic mass is 79.9. The SMILES string of the molecule is CC(C)(C)OC(=O)N1CCN2c3ncc(Br)cc3OC(C)(C)C2C1. The quantitative estimate of drug-likeness (QED) is 0.670. The number of hydrogen-bond acceptors (Lipinski definition) is 5. The molecule has 0 aromatic carbocycles. The van der Waals surface area contributed by atoms with Crippen molar-refractivity contribution < 1.29 is 14.3 Å². The van der Waals surface area contributed by atoms with Gasteiger partial charge in [-0.1, -0.05) is 0 Å². The van der Waals surface area contributed by atoms with E-state index in [2.05, 4.69) is 25.8 Å². The fourth-order valence-corrected chi connectivity index (χ4v) is 3.49. The standard InChI is InChI=1S/C17H24BrN3O3/c1-16(2,3)24-15(22)20-6-7-21-13(10-20)17(4,5)23-12-8-11(18)9-19-14(12)21/h8-9,13H,6-7,10H2,1-5H3. The minimum Gasteiger partial charge on any atom is -0.482 e. The van der Waals surface area contributed by atoms with Crippen molar-refractivity contribution in [3.8, 4) is 5.75 Å². The molecule has 1 fully saturated rings. The number of hydrogen-bond donors (Lipinski definition) is 0. The summed E-state index contributed by atoms with van der Waals surface area (Å²) in [6, 6.07) is 1.97. The fraction of sp³-hybridized carbons (Fsp3) is 0.647. The smallest absolute Gasteiger partial charge is 0.410 e. The van der Waals surface area contributed by atoms with Crippen LogP contribution < -0.4 is 9.64 Å². The van der Waals surface area contributed by atoms with Crippen LogP contribution in [0.1, 0.15) is 34.6 Å². The zero-order valence-electron chi connectivity index (χ0n) is 14.8. The van der Waals surface area contributed by atoms with Crippen molar-refractivity contribution in [3.63, 3.8) is 0 Å². The average molecular weight is 398 g/mol. The predicted octanol–water partition coefficient (Wildman–Crippen LogP) is 3.44. The van der Waals surface area contributed by atoms with E-state index in [0.717, 1.165) is 16.0 Å². The van der Waals surface area contributed by atoms with Gasteiger partial charge in [0.15, 0.2) is 11.6 Å². The molecule has 6 nitrogen and oxygen atoms in total. The Bertz CT molecular complexity index is 657. The monoisotopic (exact) mass is 397 g/mol. The number of carbonyl (C=O) groups is 1. The Hall–Kier alpha value is -1.50. The summed E-state index contributed by atoms with van der Waals surface area (Å²) in [5.41, 5.74) is -0.927.